The SMILES string of the molecule is O=S(=O)(CCCSc1ccc2nccn2n1)N1CCCCC1. The van der Waals surface area contributed by atoms with Crippen LogP contribution in [-0.4, -0.2) is 51.9 Å². The number of piperidine rings is 1. The van der Waals surface area contributed by atoms with Crippen LogP contribution in [0.3, 0.4) is 0 Å². The largest absolute Gasteiger partial charge is 0.236 e. The van der Waals surface area contributed by atoms with Crippen molar-refractivity contribution in [3.63, 3.8) is 0 Å². The maximum absolute atomic E-state index is 12.2. The summed E-state index contributed by atoms with van der Waals surface area (Å²) in [5, 5.41) is 5.31. The van der Waals surface area contributed by atoms with Crippen LogP contribution in [-0.2, 0) is 10.0 Å². The van der Waals surface area contributed by atoms with Gasteiger partial charge in [0, 0.05) is 31.2 Å². The molecule has 3 rings (SSSR count). The molecule has 1 aliphatic heterocycles. The first-order valence-corrected chi connectivity index (χ1v) is 10.2. The van der Waals surface area contributed by atoms with Crippen molar-refractivity contribution in [1.29, 1.82) is 0 Å². The maximum atomic E-state index is 12.2. The summed E-state index contributed by atoms with van der Waals surface area (Å²) >= 11 is 1.58. The van der Waals surface area contributed by atoms with Gasteiger partial charge in [-0.05, 0) is 31.4 Å². The van der Waals surface area contributed by atoms with Gasteiger partial charge in [-0.3, -0.25) is 0 Å². The Bertz CT molecular complexity index is 723. The second-order valence-corrected chi connectivity index (χ2v) is 8.58. The van der Waals surface area contributed by atoms with Gasteiger partial charge < -0.3 is 0 Å². The van der Waals surface area contributed by atoms with Crippen molar-refractivity contribution in [2.45, 2.75) is 30.7 Å². The highest BCUT2D eigenvalue weighted by Gasteiger charge is 2.23. The Morgan fingerprint density at radius 1 is 1.18 bits per heavy atom. The Hall–Kier alpha value is -1.12. The molecule has 0 N–H and O–H groups in total. The number of thioether (sulfide) groups is 1. The molecular weight excluding hydrogens is 320 g/mol. The van der Waals surface area contributed by atoms with Crippen molar-refractivity contribution >= 4 is 27.4 Å². The fourth-order valence-corrected chi connectivity index (χ4v) is 5.14. The fraction of sp³-hybridized carbons (Fsp3) is 0.571. The van der Waals surface area contributed by atoms with E-state index in [2.05, 4.69) is 10.1 Å². The lowest BCUT2D eigenvalue weighted by Crippen LogP contribution is -2.37. The molecule has 2 aromatic rings. The lowest BCUT2D eigenvalue weighted by Gasteiger charge is -2.25. The van der Waals surface area contributed by atoms with E-state index < -0.39 is 10.0 Å². The number of sulfonamides is 1. The molecule has 0 bridgehead atoms. The van der Waals surface area contributed by atoms with Crippen LogP contribution in [0.4, 0.5) is 0 Å². The predicted molar refractivity (Wildman–Crippen MR) is 87.5 cm³/mol. The lowest BCUT2D eigenvalue weighted by atomic mass is 10.2. The highest BCUT2D eigenvalue weighted by atomic mass is 32.2. The molecule has 2 aromatic heterocycles. The van der Waals surface area contributed by atoms with E-state index >= 15 is 0 Å². The predicted octanol–water partition coefficient (Wildman–Crippen LogP) is 2.03. The third-order valence-corrected chi connectivity index (χ3v) is 6.70. The average Bonchev–Trinajstić information content (AvgIpc) is 3.00. The highest BCUT2D eigenvalue weighted by molar-refractivity contribution is 7.99. The number of hydrogen-bond acceptors (Lipinski definition) is 5. The van der Waals surface area contributed by atoms with Crippen LogP contribution in [0, 0.1) is 0 Å². The number of nitrogens with zero attached hydrogens (tertiary/aromatic N) is 4. The minimum atomic E-state index is -3.08. The minimum absolute atomic E-state index is 0.229. The molecule has 22 heavy (non-hydrogen) atoms. The number of imidazole rings is 1. The zero-order chi connectivity index (χ0) is 15.4. The van der Waals surface area contributed by atoms with E-state index in [0.29, 0.717) is 19.5 Å². The third-order valence-electron chi connectivity index (χ3n) is 3.74. The topological polar surface area (TPSA) is 67.6 Å². The minimum Gasteiger partial charge on any atom is -0.236 e. The lowest BCUT2D eigenvalue weighted by molar-refractivity contribution is 0.346. The molecule has 0 aromatic carbocycles. The van der Waals surface area contributed by atoms with E-state index in [1.807, 2.05) is 12.1 Å². The van der Waals surface area contributed by atoms with Gasteiger partial charge in [0.1, 0.15) is 5.03 Å². The van der Waals surface area contributed by atoms with Crippen LogP contribution >= 0.6 is 11.8 Å². The van der Waals surface area contributed by atoms with Gasteiger partial charge in [-0.1, -0.05) is 6.42 Å². The van der Waals surface area contributed by atoms with Gasteiger partial charge in [0.2, 0.25) is 10.0 Å². The Balaban J connectivity index is 1.48. The molecule has 0 radical (unpaired) electrons. The summed E-state index contributed by atoms with van der Waals surface area (Å²) in [6.45, 7) is 1.38. The van der Waals surface area contributed by atoms with Gasteiger partial charge in [-0.2, -0.15) is 5.10 Å². The van der Waals surface area contributed by atoms with Gasteiger partial charge in [0.25, 0.3) is 0 Å². The maximum Gasteiger partial charge on any atom is 0.214 e. The summed E-state index contributed by atoms with van der Waals surface area (Å²) in [5.41, 5.74) is 0.817. The van der Waals surface area contributed by atoms with Crippen molar-refractivity contribution < 1.29 is 8.42 Å². The Kier molecular flexibility index (Phi) is 5.00. The molecule has 0 aliphatic carbocycles. The van der Waals surface area contributed by atoms with Crippen LogP contribution in [0.15, 0.2) is 29.6 Å². The van der Waals surface area contributed by atoms with Crippen molar-refractivity contribution in [3.8, 4) is 0 Å². The van der Waals surface area contributed by atoms with Crippen molar-refractivity contribution in [3.05, 3.63) is 24.5 Å². The zero-order valence-electron chi connectivity index (χ0n) is 12.4. The van der Waals surface area contributed by atoms with Crippen LogP contribution in [0.25, 0.3) is 5.65 Å². The molecule has 3 heterocycles. The summed E-state index contributed by atoms with van der Waals surface area (Å²) < 4.78 is 27.8. The molecule has 0 atom stereocenters. The Morgan fingerprint density at radius 3 is 2.82 bits per heavy atom. The van der Waals surface area contributed by atoms with E-state index in [1.165, 1.54) is 0 Å². The standard InChI is InChI=1S/C14H20N4O2S2/c19-22(20,17-8-2-1-3-9-17)12-4-11-21-14-6-5-13-15-7-10-18(13)16-14/h5-7,10H,1-4,8-9,11-12H2. The second-order valence-electron chi connectivity index (χ2n) is 5.38. The van der Waals surface area contributed by atoms with E-state index in [0.717, 1.165) is 35.7 Å². The summed E-state index contributed by atoms with van der Waals surface area (Å²) in [4.78, 5) is 4.15. The number of fused-ring (bicyclic) bond motifs is 1. The molecule has 0 saturated carbocycles. The van der Waals surface area contributed by atoms with Crippen molar-refractivity contribution in [2.75, 3.05) is 24.6 Å². The highest BCUT2D eigenvalue weighted by Crippen LogP contribution is 2.18. The van der Waals surface area contributed by atoms with Crippen LogP contribution in [0.2, 0.25) is 0 Å². The molecule has 8 heteroatoms. The van der Waals surface area contributed by atoms with Gasteiger partial charge >= 0.3 is 0 Å². The molecule has 1 fully saturated rings. The van der Waals surface area contributed by atoms with E-state index in [4.69, 9.17) is 0 Å². The smallest absolute Gasteiger partial charge is 0.214 e. The second kappa shape index (κ2) is 6.97. The third kappa shape index (κ3) is 3.80. The fourth-order valence-electron chi connectivity index (χ4n) is 2.56. The zero-order valence-corrected chi connectivity index (χ0v) is 14.0. The number of aromatic nitrogens is 3. The van der Waals surface area contributed by atoms with Crippen molar-refractivity contribution in [2.24, 2.45) is 0 Å². The quantitative estimate of drug-likeness (QED) is 0.594. The molecular formula is C14H20N4O2S2. The van der Waals surface area contributed by atoms with Gasteiger partial charge in [0.05, 0.1) is 5.75 Å². The summed E-state index contributed by atoms with van der Waals surface area (Å²) in [5.74, 6) is 0.980. The first-order valence-electron chi connectivity index (χ1n) is 7.56. The first-order chi connectivity index (χ1) is 10.6. The average molecular weight is 340 g/mol. The van der Waals surface area contributed by atoms with Gasteiger partial charge in [-0.25, -0.2) is 22.2 Å². The molecule has 6 nitrogen and oxygen atoms in total. The molecule has 1 saturated heterocycles. The van der Waals surface area contributed by atoms with E-state index in [1.54, 1.807) is 33.0 Å². The molecule has 120 valence electrons. The summed E-state index contributed by atoms with van der Waals surface area (Å²) in [6.07, 6.45) is 7.28. The number of rotatable bonds is 6. The van der Waals surface area contributed by atoms with E-state index in [-0.39, 0.29) is 5.75 Å². The monoisotopic (exact) mass is 340 g/mol. The molecule has 0 unspecified atom stereocenters. The number of hydrogen-bond donors (Lipinski definition) is 0. The van der Waals surface area contributed by atoms with Gasteiger partial charge in [-0.15, -0.1) is 11.8 Å². The Labute approximate surface area is 135 Å². The van der Waals surface area contributed by atoms with Crippen LogP contribution in [0.5, 0.6) is 0 Å². The first kappa shape index (κ1) is 15.8. The molecule has 1 aliphatic rings. The normalized spacial score (nSPS) is 17.1. The van der Waals surface area contributed by atoms with Gasteiger partial charge in [0.15, 0.2) is 5.65 Å². The molecule has 0 amide bonds. The van der Waals surface area contributed by atoms with Crippen molar-refractivity contribution in [1.82, 2.24) is 18.9 Å². The Morgan fingerprint density at radius 2 is 2.00 bits per heavy atom. The molecule has 0 spiro atoms. The van der Waals surface area contributed by atoms with E-state index in [9.17, 15) is 8.42 Å². The summed E-state index contributed by atoms with van der Waals surface area (Å²) in [6, 6.07) is 3.84. The van der Waals surface area contributed by atoms with Crippen LogP contribution < -0.4 is 0 Å². The van der Waals surface area contributed by atoms with Crippen LogP contribution in [0.1, 0.15) is 25.7 Å². The summed E-state index contributed by atoms with van der Waals surface area (Å²) in [7, 11) is -3.08.